The second kappa shape index (κ2) is 7.84. The molecule has 0 radical (unpaired) electrons. The number of benzene rings is 2. The Morgan fingerprint density at radius 3 is 2.61 bits per heavy atom. The van der Waals surface area contributed by atoms with Crippen LogP contribution in [0.3, 0.4) is 0 Å². The third kappa shape index (κ3) is 3.50. The lowest BCUT2D eigenvalue weighted by Gasteiger charge is -2.20. The van der Waals surface area contributed by atoms with Gasteiger partial charge in [-0.1, -0.05) is 55.0 Å². The van der Waals surface area contributed by atoms with Gasteiger partial charge in [0, 0.05) is 25.6 Å². The van der Waals surface area contributed by atoms with Crippen molar-refractivity contribution in [3.8, 4) is 11.1 Å². The van der Waals surface area contributed by atoms with E-state index in [2.05, 4.69) is 5.10 Å². The van der Waals surface area contributed by atoms with E-state index >= 15 is 0 Å². The monoisotopic (exact) mass is 376 g/mol. The Balaban J connectivity index is 1.60. The van der Waals surface area contributed by atoms with E-state index in [1.165, 1.54) is 4.68 Å². The summed E-state index contributed by atoms with van der Waals surface area (Å²) in [5.74, 6) is 0.626. The van der Waals surface area contributed by atoms with E-state index in [-0.39, 0.29) is 18.1 Å². The number of amides is 1. The van der Waals surface area contributed by atoms with Gasteiger partial charge in [0.1, 0.15) is 12.4 Å². The molecule has 0 spiro atoms. The van der Waals surface area contributed by atoms with Crippen LogP contribution in [0.5, 0.6) is 0 Å². The molecule has 28 heavy (non-hydrogen) atoms. The molecule has 1 aliphatic heterocycles. The third-order valence-electron chi connectivity index (χ3n) is 5.29. The van der Waals surface area contributed by atoms with E-state index < -0.39 is 0 Å². The second-order valence-electron chi connectivity index (χ2n) is 7.15. The Hall–Kier alpha value is -3.15. The molecule has 0 saturated heterocycles. The fourth-order valence-corrected chi connectivity index (χ4v) is 3.72. The highest BCUT2D eigenvalue weighted by molar-refractivity contribution is 5.97. The van der Waals surface area contributed by atoms with E-state index in [4.69, 9.17) is 0 Å². The molecule has 0 unspecified atom stereocenters. The summed E-state index contributed by atoms with van der Waals surface area (Å²) < 4.78 is 3.03. The molecule has 1 amide bonds. The molecule has 0 fully saturated rings. The van der Waals surface area contributed by atoms with Crippen molar-refractivity contribution in [2.24, 2.45) is 0 Å². The number of nitrogens with zero attached hydrogens (tertiary/aromatic N) is 4. The summed E-state index contributed by atoms with van der Waals surface area (Å²) in [5.41, 5.74) is 2.65. The van der Waals surface area contributed by atoms with Gasteiger partial charge in [0.15, 0.2) is 0 Å². The van der Waals surface area contributed by atoms with Gasteiger partial charge in [0.05, 0.1) is 5.69 Å². The van der Waals surface area contributed by atoms with Crippen LogP contribution in [0.25, 0.3) is 11.1 Å². The molecule has 6 nitrogen and oxygen atoms in total. The number of para-hydroxylation sites is 1. The number of rotatable bonds is 4. The van der Waals surface area contributed by atoms with Crippen LogP contribution in [-0.4, -0.2) is 27.3 Å². The first kappa shape index (κ1) is 18.2. The lowest BCUT2D eigenvalue weighted by Crippen LogP contribution is -2.35. The van der Waals surface area contributed by atoms with Crippen molar-refractivity contribution in [3.63, 3.8) is 0 Å². The number of hydrogen-bond acceptors (Lipinski definition) is 3. The van der Waals surface area contributed by atoms with Crippen molar-refractivity contribution in [1.82, 2.24) is 14.3 Å². The van der Waals surface area contributed by atoms with Crippen LogP contribution in [-0.2, 0) is 24.3 Å². The molecule has 1 aliphatic rings. The van der Waals surface area contributed by atoms with Crippen LogP contribution in [0.1, 0.15) is 25.1 Å². The maximum Gasteiger partial charge on any atom is 0.346 e. The van der Waals surface area contributed by atoms with Gasteiger partial charge in [-0.05, 0) is 24.5 Å². The maximum atomic E-state index is 12.9. The Labute approximate surface area is 164 Å². The summed E-state index contributed by atoms with van der Waals surface area (Å²) in [6.07, 6.45) is 3.93. The van der Waals surface area contributed by atoms with Gasteiger partial charge in [-0.3, -0.25) is 9.36 Å². The van der Waals surface area contributed by atoms with Crippen LogP contribution >= 0.6 is 0 Å². The number of carbonyl (C=O) groups is 1. The largest absolute Gasteiger partial charge is 0.346 e. The highest BCUT2D eigenvalue weighted by atomic mass is 16.2. The van der Waals surface area contributed by atoms with Gasteiger partial charge in [0.25, 0.3) is 0 Å². The second-order valence-corrected chi connectivity index (χ2v) is 7.15. The molecular weight excluding hydrogens is 352 g/mol. The number of carbonyl (C=O) groups excluding carboxylic acids is 1. The summed E-state index contributed by atoms with van der Waals surface area (Å²) in [5, 5.41) is 4.43. The first-order chi connectivity index (χ1) is 13.6. The minimum atomic E-state index is -0.185. The zero-order valence-electron chi connectivity index (χ0n) is 16.0. The fourth-order valence-electron chi connectivity index (χ4n) is 3.72. The lowest BCUT2D eigenvalue weighted by molar-refractivity contribution is -0.119. The number of aryl methyl sites for hydroxylation is 1. The Kier molecular flexibility index (Phi) is 5.10. The quantitative estimate of drug-likeness (QED) is 0.703. The van der Waals surface area contributed by atoms with Crippen LogP contribution in [0, 0.1) is 0 Å². The zero-order valence-corrected chi connectivity index (χ0v) is 16.0. The van der Waals surface area contributed by atoms with Gasteiger partial charge < -0.3 is 4.90 Å². The van der Waals surface area contributed by atoms with Crippen molar-refractivity contribution in [3.05, 3.63) is 70.9 Å². The van der Waals surface area contributed by atoms with Crippen molar-refractivity contribution >= 4 is 11.6 Å². The summed E-state index contributed by atoms with van der Waals surface area (Å²) in [6.45, 7) is 0.632. The standard InChI is InChI=1S/C22H24N4O2/c1-24(19-13-8-7-12-18(19)17-10-4-2-5-11-17)21(27)16-26-22(28)25-15-9-3-6-14-20(25)23-26/h2,4-5,7-8,10-13H,3,6,9,14-16H2,1H3. The van der Waals surface area contributed by atoms with E-state index in [0.717, 1.165) is 48.3 Å². The third-order valence-corrected chi connectivity index (χ3v) is 5.29. The van der Waals surface area contributed by atoms with Crippen LogP contribution in [0.15, 0.2) is 59.4 Å². The summed E-state index contributed by atoms with van der Waals surface area (Å²) in [4.78, 5) is 27.2. The number of aromatic nitrogens is 3. The zero-order chi connectivity index (χ0) is 19.5. The topological polar surface area (TPSA) is 60.1 Å². The van der Waals surface area contributed by atoms with Crippen molar-refractivity contribution < 1.29 is 4.79 Å². The SMILES string of the molecule is CN(C(=O)Cn1nc2n(c1=O)CCCCC2)c1ccccc1-c1ccccc1. The Bertz CT molecular complexity index is 1040. The van der Waals surface area contributed by atoms with Crippen LogP contribution in [0.2, 0.25) is 0 Å². The van der Waals surface area contributed by atoms with Gasteiger partial charge in [-0.25, -0.2) is 9.48 Å². The number of hydrogen-bond donors (Lipinski definition) is 0. The molecule has 144 valence electrons. The molecule has 4 rings (SSSR count). The predicted octanol–water partition coefficient (Wildman–Crippen LogP) is 3.10. The molecule has 0 aliphatic carbocycles. The minimum absolute atomic E-state index is 0.0571. The average Bonchev–Trinajstić information content (AvgIpc) is 2.89. The smallest absolute Gasteiger partial charge is 0.313 e. The molecule has 1 aromatic heterocycles. The normalized spacial score (nSPS) is 13.6. The summed E-state index contributed by atoms with van der Waals surface area (Å²) in [7, 11) is 1.75. The molecule has 3 aromatic rings. The first-order valence-electron chi connectivity index (χ1n) is 9.72. The molecule has 0 bridgehead atoms. The highest BCUT2D eigenvalue weighted by Gasteiger charge is 2.20. The highest BCUT2D eigenvalue weighted by Crippen LogP contribution is 2.30. The molecule has 0 N–H and O–H groups in total. The Morgan fingerprint density at radius 1 is 1.04 bits per heavy atom. The van der Waals surface area contributed by atoms with Gasteiger partial charge >= 0.3 is 5.69 Å². The van der Waals surface area contributed by atoms with Gasteiger partial charge in [0.2, 0.25) is 5.91 Å². The lowest BCUT2D eigenvalue weighted by atomic mass is 10.0. The molecule has 0 atom stereocenters. The van der Waals surface area contributed by atoms with Gasteiger partial charge in [-0.15, -0.1) is 0 Å². The predicted molar refractivity (Wildman–Crippen MR) is 109 cm³/mol. The first-order valence-corrected chi connectivity index (χ1v) is 9.72. The van der Waals surface area contributed by atoms with Crippen molar-refractivity contribution in [1.29, 1.82) is 0 Å². The molecular formula is C22H24N4O2. The van der Waals surface area contributed by atoms with Crippen LogP contribution < -0.4 is 10.6 Å². The van der Waals surface area contributed by atoms with Gasteiger partial charge in [-0.2, -0.15) is 5.10 Å². The fraction of sp³-hybridized carbons (Fsp3) is 0.318. The van der Waals surface area contributed by atoms with Crippen molar-refractivity contribution in [2.75, 3.05) is 11.9 Å². The summed E-state index contributed by atoms with van der Waals surface area (Å²) in [6, 6.07) is 17.8. The molecule has 0 saturated carbocycles. The molecule has 6 heteroatoms. The number of anilines is 1. The van der Waals surface area contributed by atoms with E-state index in [9.17, 15) is 9.59 Å². The summed E-state index contributed by atoms with van der Waals surface area (Å²) >= 11 is 0. The number of fused-ring (bicyclic) bond motifs is 1. The Morgan fingerprint density at radius 2 is 1.79 bits per heavy atom. The molecule has 2 heterocycles. The van der Waals surface area contributed by atoms with E-state index in [1.54, 1.807) is 16.5 Å². The minimum Gasteiger partial charge on any atom is -0.313 e. The number of likely N-dealkylation sites (N-methyl/N-ethyl adjacent to an activating group) is 1. The van der Waals surface area contributed by atoms with Crippen molar-refractivity contribution in [2.45, 2.75) is 38.8 Å². The van der Waals surface area contributed by atoms with Crippen LogP contribution in [0.4, 0.5) is 5.69 Å². The maximum absolute atomic E-state index is 12.9. The molecule has 2 aromatic carbocycles. The van der Waals surface area contributed by atoms with E-state index in [1.807, 2.05) is 54.6 Å². The van der Waals surface area contributed by atoms with E-state index in [0.29, 0.717) is 6.54 Å². The average molecular weight is 376 g/mol.